The molecule has 0 bridgehead atoms. The maximum Gasteiger partial charge on any atom is 0.420 e. The van der Waals surface area contributed by atoms with E-state index in [-0.39, 0.29) is 17.1 Å². The summed E-state index contributed by atoms with van der Waals surface area (Å²) in [5.74, 6) is -2.47. The minimum Gasteiger partial charge on any atom is -0.457 e. The SMILES string of the molecule is NC(=O)c1cc(Oc2cc(F)c(C(F)(F)F)c(Cl)c2)ccc1Br. The molecule has 122 valence electrons. The van der Waals surface area contributed by atoms with E-state index in [1.807, 2.05) is 0 Å². The number of alkyl halides is 3. The second-order valence-corrected chi connectivity index (χ2v) is 5.63. The fraction of sp³-hybridized carbons (Fsp3) is 0.0714. The largest absolute Gasteiger partial charge is 0.457 e. The molecule has 2 aromatic rings. The Hall–Kier alpha value is -1.80. The standard InChI is InChI=1S/C14H7BrClF4NO2/c15-9-2-1-6(3-8(9)13(21)22)23-7-4-10(16)12(11(17)5-7)14(18,19)20/h1-5H,(H2,21,22). The number of carbonyl (C=O) groups excluding carboxylic acids is 1. The number of hydrogen-bond acceptors (Lipinski definition) is 2. The first kappa shape index (κ1) is 17.6. The molecule has 3 nitrogen and oxygen atoms in total. The summed E-state index contributed by atoms with van der Waals surface area (Å²) in [6, 6.07) is 5.52. The summed E-state index contributed by atoms with van der Waals surface area (Å²) in [4.78, 5) is 11.2. The van der Waals surface area contributed by atoms with Crippen LogP contribution in [0, 0.1) is 5.82 Å². The fourth-order valence-corrected chi connectivity index (χ4v) is 2.52. The third kappa shape index (κ3) is 3.94. The number of halogens is 6. The molecule has 0 heterocycles. The normalized spacial score (nSPS) is 11.4. The summed E-state index contributed by atoms with van der Waals surface area (Å²) in [6.45, 7) is 0. The Morgan fingerprint density at radius 1 is 1.17 bits per heavy atom. The Morgan fingerprint density at radius 2 is 1.83 bits per heavy atom. The van der Waals surface area contributed by atoms with Gasteiger partial charge in [-0.25, -0.2) is 4.39 Å². The second kappa shape index (κ2) is 6.37. The summed E-state index contributed by atoms with van der Waals surface area (Å²) in [7, 11) is 0. The zero-order valence-electron chi connectivity index (χ0n) is 11.0. The molecule has 9 heteroatoms. The Kier molecular flexibility index (Phi) is 4.86. The van der Waals surface area contributed by atoms with Gasteiger partial charge in [-0.05, 0) is 34.1 Å². The summed E-state index contributed by atoms with van der Waals surface area (Å²) >= 11 is 8.58. The molecule has 0 aliphatic rings. The van der Waals surface area contributed by atoms with Gasteiger partial charge in [0.05, 0.1) is 10.6 Å². The predicted octanol–water partition coefficient (Wildman–Crippen LogP) is 5.15. The predicted molar refractivity (Wildman–Crippen MR) is 79.1 cm³/mol. The Bertz CT molecular complexity index is 757. The van der Waals surface area contributed by atoms with E-state index in [9.17, 15) is 22.4 Å². The van der Waals surface area contributed by atoms with Crippen LogP contribution in [0.4, 0.5) is 17.6 Å². The summed E-state index contributed by atoms with van der Waals surface area (Å²) < 4.78 is 57.2. The summed E-state index contributed by atoms with van der Waals surface area (Å²) in [6.07, 6.45) is -4.92. The van der Waals surface area contributed by atoms with Crippen molar-refractivity contribution < 1.29 is 27.1 Å². The van der Waals surface area contributed by atoms with Crippen molar-refractivity contribution in [1.29, 1.82) is 0 Å². The van der Waals surface area contributed by atoms with Crippen molar-refractivity contribution in [3.05, 3.63) is 56.8 Å². The van der Waals surface area contributed by atoms with Crippen molar-refractivity contribution in [2.45, 2.75) is 6.18 Å². The highest BCUT2D eigenvalue weighted by Gasteiger charge is 2.37. The topological polar surface area (TPSA) is 52.3 Å². The first-order chi connectivity index (χ1) is 10.6. The smallest absolute Gasteiger partial charge is 0.420 e. The molecule has 0 saturated heterocycles. The van der Waals surface area contributed by atoms with Crippen molar-refractivity contribution in [2.24, 2.45) is 5.73 Å². The van der Waals surface area contributed by atoms with E-state index < -0.39 is 28.5 Å². The van der Waals surface area contributed by atoms with Crippen molar-refractivity contribution in [1.82, 2.24) is 0 Å². The lowest BCUT2D eigenvalue weighted by atomic mass is 10.2. The van der Waals surface area contributed by atoms with Gasteiger partial charge in [-0.15, -0.1) is 0 Å². The van der Waals surface area contributed by atoms with Gasteiger partial charge in [0.1, 0.15) is 22.9 Å². The molecule has 0 fully saturated rings. The van der Waals surface area contributed by atoms with Crippen LogP contribution >= 0.6 is 27.5 Å². The van der Waals surface area contributed by atoms with Crippen LogP contribution in [0.3, 0.4) is 0 Å². The van der Waals surface area contributed by atoms with Crippen LogP contribution < -0.4 is 10.5 Å². The number of primary amides is 1. The number of rotatable bonds is 3. The van der Waals surface area contributed by atoms with E-state index in [0.717, 1.165) is 6.07 Å². The third-order valence-corrected chi connectivity index (χ3v) is 3.73. The van der Waals surface area contributed by atoms with Gasteiger partial charge < -0.3 is 10.5 Å². The lowest BCUT2D eigenvalue weighted by Gasteiger charge is -2.13. The molecule has 23 heavy (non-hydrogen) atoms. The van der Waals surface area contributed by atoms with E-state index in [2.05, 4.69) is 15.9 Å². The van der Waals surface area contributed by atoms with Crippen LogP contribution in [0.5, 0.6) is 11.5 Å². The number of ether oxygens (including phenoxy) is 1. The molecule has 2 rings (SSSR count). The van der Waals surface area contributed by atoms with Crippen LogP contribution in [0.25, 0.3) is 0 Å². The molecule has 0 aliphatic heterocycles. The zero-order valence-corrected chi connectivity index (χ0v) is 13.4. The van der Waals surface area contributed by atoms with Crippen molar-refractivity contribution >= 4 is 33.4 Å². The monoisotopic (exact) mass is 411 g/mol. The van der Waals surface area contributed by atoms with Gasteiger partial charge in [0.2, 0.25) is 5.91 Å². The van der Waals surface area contributed by atoms with Crippen LogP contribution in [0.1, 0.15) is 15.9 Å². The maximum absolute atomic E-state index is 13.6. The molecular weight excluding hydrogens is 406 g/mol. The molecule has 2 aromatic carbocycles. The molecule has 0 saturated carbocycles. The number of hydrogen-bond donors (Lipinski definition) is 1. The van der Waals surface area contributed by atoms with Gasteiger partial charge in [-0.2, -0.15) is 13.2 Å². The first-order valence-corrected chi connectivity index (χ1v) is 7.10. The van der Waals surface area contributed by atoms with E-state index in [0.29, 0.717) is 10.5 Å². The van der Waals surface area contributed by atoms with Crippen LogP contribution in [0.2, 0.25) is 5.02 Å². The summed E-state index contributed by atoms with van der Waals surface area (Å²) in [5.41, 5.74) is 3.69. The van der Waals surface area contributed by atoms with Gasteiger partial charge in [-0.3, -0.25) is 4.79 Å². The van der Waals surface area contributed by atoms with E-state index in [1.54, 1.807) is 0 Å². The van der Waals surface area contributed by atoms with Gasteiger partial charge in [-0.1, -0.05) is 11.6 Å². The Balaban J connectivity index is 2.39. The number of benzene rings is 2. The first-order valence-electron chi connectivity index (χ1n) is 5.93. The van der Waals surface area contributed by atoms with Gasteiger partial charge >= 0.3 is 6.18 Å². The molecule has 0 unspecified atom stereocenters. The molecule has 0 radical (unpaired) electrons. The molecular formula is C14H7BrClF4NO2. The molecule has 1 amide bonds. The van der Waals surface area contributed by atoms with Crippen LogP contribution in [-0.4, -0.2) is 5.91 Å². The van der Waals surface area contributed by atoms with Crippen molar-refractivity contribution in [3.8, 4) is 11.5 Å². The minimum absolute atomic E-state index is 0.0808. The lowest BCUT2D eigenvalue weighted by Crippen LogP contribution is -2.11. The van der Waals surface area contributed by atoms with Crippen molar-refractivity contribution in [3.63, 3.8) is 0 Å². The van der Waals surface area contributed by atoms with E-state index in [1.165, 1.54) is 18.2 Å². The highest BCUT2D eigenvalue weighted by Crippen LogP contribution is 2.39. The molecule has 2 N–H and O–H groups in total. The Morgan fingerprint density at radius 3 is 2.35 bits per heavy atom. The van der Waals surface area contributed by atoms with Crippen molar-refractivity contribution in [2.75, 3.05) is 0 Å². The average Bonchev–Trinajstić information content (AvgIpc) is 2.38. The Labute approximate surface area is 141 Å². The zero-order chi connectivity index (χ0) is 17.4. The van der Waals surface area contributed by atoms with Crippen LogP contribution in [-0.2, 0) is 6.18 Å². The van der Waals surface area contributed by atoms with E-state index in [4.69, 9.17) is 22.1 Å². The number of amides is 1. The molecule has 0 spiro atoms. The quantitative estimate of drug-likeness (QED) is 0.709. The second-order valence-electron chi connectivity index (χ2n) is 4.37. The minimum atomic E-state index is -4.92. The lowest BCUT2D eigenvalue weighted by molar-refractivity contribution is -0.139. The molecule has 0 aromatic heterocycles. The maximum atomic E-state index is 13.6. The number of nitrogens with two attached hydrogens (primary N) is 1. The number of carbonyl (C=O) groups is 1. The van der Waals surface area contributed by atoms with Gasteiger partial charge in [0.25, 0.3) is 0 Å². The van der Waals surface area contributed by atoms with Gasteiger partial charge in [0, 0.05) is 16.6 Å². The third-order valence-electron chi connectivity index (χ3n) is 2.74. The fourth-order valence-electron chi connectivity index (χ4n) is 1.77. The van der Waals surface area contributed by atoms with E-state index >= 15 is 0 Å². The summed E-state index contributed by atoms with van der Waals surface area (Å²) in [5, 5.41) is -0.834. The molecule has 0 aliphatic carbocycles. The highest BCUT2D eigenvalue weighted by molar-refractivity contribution is 9.10. The molecule has 0 atom stereocenters. The van der Waals surface area contributed by atoms with Crippen LogP contribution in [0.15, 0.2) is 34.8 Å². The van der Waals surface area contributed by atoms with Gasteiger partial charge in [0.15, 0.2) is 0 Å². The highest BCUT2D eigenvalue weighted by atomic mass is 79.9. The average molecular weight is 413 g/mol.